The Morgan fingerprint density at radius 2 is 2.08 bits per heavy atom. The van der Waals surface area contributed by atoms with Crippen LogP contribution in [0.3, 0.4) is 0 Å². The second-order valence-electron chi connectivity index (χ2n) is 3.06. The van der Waals surface area contributed by atoms with E-state index in [1.54, 1.807) is 0 Å². The van der Waals surface area contributed by atoms with Crippen LogP contribution in [0.25, 0.3) is 0 Å². The average Bonchev–Trinajstić information content (AvgIpc) is 2.01. The molecule has 0 heterocycles. The van der Waals surface area contributed by atoms with Crippen LogP contribution in [0.2, 0.25) is 0 Å². The first-order chi connectivity index (χ1) is 5.66. The van der Waals surface area contributed by atoms with Gasteiger partial charge in [0.05, 0.1) is 0 Å². The Bertz CT molecular complexity index is 157. The van der Waals surface area contributed by atoms with Gasteiger partial charge in [0.15, 0.2) is 5.12 Å². The number of allylic oxidation sites excluding steroid dienone is 2. The zero-order valence-corrected chi connectivity index (χ0v) is 9.04. The summed E-state index contributed by atoms with van der Waals surface area (Å²) >= 11 is 1.46. The smallest absolute Gasteiger partial charge is 0.192 e. The zero-order chi connectivity index (χ0) is 9.40. The highest BCUT2D eigenvalue weighted by Crippen LogP contribution is 2.09. The molecule has 1 nitrogen and oxygen atoms in total. The van der Waals surface area contributed by atoms with Crippen molar-refractivity contribution in [3.63, 3.8) is 0 Å². The molecule has 0 amide bonds. The van der Waals surface area contributed by atoms with Crippen LogP contribution < -0.4 is 0 Å². The van der Waals surface area contributed by atoms with Gasteiger partial charge in [-0.3, -0.25) is 4.79 Å². The topological polar surface area (TPSA) is 17.1 Å². The Kier molecular flexibility index (Phi) is 7.26. The van der Waals surface area contributed by atoms with E-state index in [4.69, 9.17) is 0 Å². The zero-order valence-electron chi connectivity index (χ0n) is 8.22. The molecule has 0 aromatic heterocycles. The quantitative estimate of drug-likeness (QED) is 0.483. The minimum atomic E-state index is 0.296. The van der Waals surface area contributed by atoms with Gasteiger partial charge in [-0.15, -0.1) is 0 Å². The van der Waals surface area contributed by atoms with Crippen LogP contribution in [0.4, 0.5) is 0 Å². The van der Waals surface area contributed by atoms with Gasteiger partial charge in [-0.05, 0) is 20.3 Å². The van der Waals surface area contributed by atoms with E-state index in [2.05, 4.69) is 6.92 Å². The van der Waals surface area contributed by atoms with Gasteiger partial charge in [0.2, 0.25) is 0 Å². The molecular weight excluding hydrogens is 168 g/mol. The van der Waals surface area contributed by atoms with Crippen LogP contribution in [0.15, 0.2) is 11.6 Å². The van der Waals surface area contributed by atoms with Crippen molar-refractivity contribution in [1.82, 2.24) is 0 Å². The third kappa shape index (κ3) is 7.86. The summed E-state index contributed by atoms with van der Waals surface area (Å²) in [6.07, 6.45) is 4.89. The Labute approximate surface area is 79.6 Å². The summed E-state index contributed by atoms with van der Waals surface area (Å²) in [4.78, 5) is 11.1. The van der Waals surface area contributed by atoms with Crippen LogP contribution in [0.1, 0.15) is 40.0 Å². The lowest BCUT2D eigenvalue weighted by molar-refractivity contribution is -0.110. The molecule has 0 saturated heterocycles. The van der Waals surface area contributed by atoms with E-state index in [9.17, 15) is 4.79 Å². The van der Waals surface area contributed by atoms with Crippen molar-refractivity contribution in [3.05, 3.63) is 11.6 Å². The lowest BCUT2D eigenvalue weighted by Crippen LogP contribution is -1.91. The van der Waals surface area contributed by atoms with Crippen molar-refractivity contribution in [2.45, 2.75) is 40.0 Å². The third-order valence-electron chi connectivity index (χ3n) is 1.44. The van der Waals surface area contributed by atoms with Gasteiger partial charge in [-0.1, -0.05) is 36.8 Å². The number of thioether (sulfide) groups is 1. The predicted molar refractivity (Wildman–Crippen MR) is 56.4 cm³/mol. The van der Waals surface area contributed by atoms with E-state index in [1.807, 2.05) is 19.9 Å². The number of carbonyl (C=O) groups excluding carboxylic acids is 1. The summed E-state index contributed by atoms with van der Waals surface area (Å²) in [6, 6.07) is 0. The van der Waals surface area contributed by atoms with E-state index in [0.717, 1.165) is 12.2 Å². The number of hydrogen-bond acceptors (Lipinski definition) is 2. The van der Waals surface area contributed by atoms with Gasteiger partial charge in [0.25, 0.3) is 0 Å². The molecule has 0 aliphatic carbocycles. The largest absolute Gasteiger partial charge is 0.287 e. The Hall–Kier alpha value is -0.240. The minimum Gasteiger partial charge on any atom is -0.287 e. The summed E-state index contributed by atoms with van der Waals surface area (Å²) in [6.45, 7) is 6.18. The van der Waals surface area contributed by atoms with Gasteiger partial charge in [0, 0.05) is 12.2 Å². The molecule has 2 heteroatoms. The maximum Gasteiger partial charge on any atom is 0.192 e. The van der Waals surface area contributed by atoms with Gasteiger partial charge in [0.1, 0.15) is 0 Å². The number of hydrogen-bond donors (Lipinski definition) is 0. The van der Waals surface area contributed by atoms with Gasteiger partial charge in [-0.2, -0.15) is 0 Å². The van der Waals surface area contributed by atoms with Crippen molar-refractivity contribution >= 4 is 16.9 Å². The summed E-state index contributed by atoms with van der Waals surface area (Å²) < 4.78 is 0. The first-order valence-corrected chi connectivity index (χ1v) is 5.44. The molecule has 0 aliphatic heterocycles. The van der Waals surface area contributed by atoms with Crippen molar-refractivity contribution in [1.29, 1.82) is 0 Å². The highest BCUT2D eigenvalue weighted by Gasteiger charge is 1.98. The van der Waals surface area contributed by atoms with Crippen LogP contribution in [0, 0.1) is 0 Å². The van der Waals surface area contributed by atoms with Crippen LogP contribution in [-0.4, -0.2) is 10.9 Å². The van der Waals surface area contributed by atoms with E-state index in [-0.39, 0.29) is 0 Å². The minimum absolute atomic E-state index is 0.296. The van der Waals surface area contributed by atoms with Crippen molar-refractivity contribution < 1.29 is 4.79 Å². The number of carbonyl (C=O) groups is 1. The van der Waals surface area contributed by atoms with Crippen LogP contribution in [-0.2, 0) is 4.79 Å². The standard InChI is InChI=1S/C10H18OS/c1-4-5-8-12-10(11)7-6-9(2)3/h6H,4-5,7-8H2,1-3H3. The summed E-state index contributed by atoms with van der Waals surface area (Å²) in [5.41, 5.74) is 1.22. The van der Waals surface area contributed by atoms with Gasteiger partial charge in [-0.25, -0.2) is 0 Å². The lowest BCUT2D eigenvalue weighted by Gasteiger charge is -1.96. The predicted octanol–water partition coefficient (Wildman–Crippen LogP) is 3.40. The second kappa shape index (κ2) is 7.41. The Morgan fingerprint density at radius 3 is 2.58 bits per heavy atom. The van der Waals surface area contributed by atoms with E-state index in [0.29, 0.717) is 11.5 Å². The SMILES string of the molecule is CCCCSC(=O)CC=C(C)C. The fraction of sp³-hybridized carbons (Fsp3) is 0.700. The summed E-state index contributed by atoms with van der Waals surface area (Å²) in [5, 5.41) is 0.296. The summed E-state index contributed by atoms with van der Waals surface area (Å²) in [7, 11) is 0. The van der Waals surface area contributed by atoms with E-state index >= 15 is 0 Å². The Balaban J connectivity index is 3.41. The normalized spacial score (nSPS) is 9.58. The molecule has 0 fully saturated rings. The second-order valence-corrected chi connectivity index (χ2v) is 4.21. The molecule has 70 valence electrons. The van der Waals surface area contributed by atoms with E-state index < -0.39 is 0 Å². The van der Waals surface area contributed by atoms with Crippen molar-refractivity contribution in [3.8, 4) is 0 Å². The fourth-order valence-electron chi connectivity index (χ4n) is 0.677. The monoisotopic (exact) mass is 186 g/mol. The molecule has 0 N–H and O–H groups in total. The molecule has 0 aromatic carbocycles. The fourth-order valence-corrected chi connectivity index (χ4v) is 1.54. The maximum absolute atomic E-state index is 11.1. The average molecular weight is 186 g/mol. The van der Waals surface area contributed by atoms with Crippen LogP contribution in [0.5, 0.6) is 0 Å². The highest BCUT2D eigenvalue weighted by atomic mass is 32.2. The van der Waals surface area contributed by atoms with Gasteiger partial charge < -0.3 is 0 Å². The molecule has 0 unspecified atom stereocenters. The number of rotatable bonds is 5. The first kappa shape index (κ1) is 11.8. The molecule has 0 spiro atoms. The molecule has 0 rings (SSSR count). The third-order valence-corrected chi connectivity index (χ3v) is 2.42. The highest BCUT2D eigenvalue weighted by molar-refractivity contribution is 8.13. The van der Waals surface area contributed by atoms with Crippen molar-refractivity contribution in [2.24, 2.45) is 0 Å². The molecule has 0 radical (unpaired) electrons. The summed E-state index contributed by atoms with van der Waals surface area (Å²) in [5.74, 6) is 0.978. The molecule has 0 bridgehead atoms. The molecule has 0 aromatic rings. The van der Waals surface area contributed by atoms with Crippen LogP contribution >= 0.6 is 11.8 Å². The maximum atomic E-state index is 11.1. The van der Waals surface area contributed by atoms with E-state index in [1.165, 1.54) is 23.8 Å². The molecule has 0 aliphatic rings. The first-order valence-electron chi connectivity index (χ1n) is 4.45. The molecule has 0 atom stereocenters. The van der Waals surface area contributed by atoms with Crippen molar-refractivity contribution in [2.75, 3.05) is 5.75 Å². The Morgan fingerprint density at radius 1 is 1.42 bits per heavy atom. The lowest BCUT2D eigenvalue weighted by atomic mass is 10.3. The molecule has 0 saturated carbocycles. The molecule has 12 heavy (non-hydrogen) atoms. The molecular formula is C10H18OS. The van der Waals surface area contributed by atoms with Gasteiger partial charge >= 0.3 is 0 Å². The number of unbranched alkanes of at least 4 members (excludes halogenated alkanes) is 1.